The van der Waals surface area contributed by atoms with Gasteiger partial charge in [-0.3, -0.25) is 0 Å². The molecule has 0 spiro atoms. The van der Waals surface area contributed by atoms with Gasteiger partial charge in [-0.1, -0.05) is 19.4 Å². The van der Waals surface area contributed by atoms with Gasteiger partial charge < -0.3 is 14.8 Å². The Morgan fingerprint density at radius 2 is 1.95 bits per heavy atom. The molecule has 0 aromatic heterocycles. The second-order valence-corrected chi connectivity index (χ2v) is 6.66. The fraction of sp³-hybridized carbons (Fsp3) is 0.667. The lowest BCUT2D eigenvalue weighted by atomic mass is 10.1. The predicted molar refractivity (Wildman–Crippen MR) is 88.7 cm³/mol. The van der Waals surface area contributed by atoms with Gasteiger partial charge in [0, 0.05) is 17.6 Å². The number of rotatable bonds is 8. The van der Waals surface area contributed by atoms with Crippen LogP contribution in [-0.2, 0) is 17.9 Å². The molecule has 0 aliphatic carbocycles. The van der Waals surface area contributed by atoms with Crippen LogP contribution in [-0.4, -0.2) is 18.8 Å². The molecule has 0 fully saturated rings. The molecule has 0 amide bonds. The largest absolute Gasteiger partial charge is 0.496 e. The summed E-state index contributed by atoms with van der Waals surface area (Å²) in [6.07, 6.45) is 2.53. The van der Waals surface area contributed by atoms with Crippen LogP contribution in [0.5, 0.6) is 5.75 Å². The van der Waals surface area contributed by atoms with Crippen molar-refractivity contribution in [2.75, 3.05) is 7.11 Å². The van der Waals surface area contributed by atoms with Crippen LogP contribution in [0.15, 0.2) is 18.2 Å². The monoisotopic (exact) mass is 293 g/mol. The van der Waals surface area contributed by atoms with Crippen molar-refractivity contribution in [2.24, 2.45) is 0 Å². The minimum absolute atomic E-state index is 0.117. The number of nitrogens with one attached hydrogen (secondary N) is 1. The van der Waals surface area contributed by atoms with Gasteiger partial charge in [0.05, 0.1) is 19.8 Å². The number of ether oxygens (including phenoxy) is 2. The lowest BCUT2D eigenvalue weighted by Crippen LogP contribution is -2.35. The molecule has 1 aromatic carbocycles. The average Bonchev–Trinajstić information content (AvgIpc) is 2.42. The van der Waals surface area contributed by atoms with Crippen molar-refractivity contribution in [3.05, 3.63) is 29.3 Å². The van der Waals surface area contributed by atoms with Crippen molar-refractivity contribution in [1.29, 1.82) is 0 Å². The van der Waals surface area contributed by atoms with Crippen LogP contribution in [0.2, 0.25) is 0 Å². The van der Waals surface area contributed by atoms with Gasteiger partial charge in [0.1, 0.15) is 5.75 Å². The first kappa shape index (κ1) is 18.0. The first-order chi connectivity index (χ1) is 9.85. The van der Waals surface area contributed by atoms with E-state index in [-0.39, 0.29) is 11.6 Å². The van der Waals surface area contributed by atoms with Gasteiger partial charge in [-0.15, -0.1) is 0 Å². The van der Waals surface area contributed by atoms with Crippen LogP contribution < -0.4 is 10.1 Å². The first-order valence-electron chi connectivity index (χ1n) is 7.88. The lowest BCUT2D eigenvalue weighted by Gasteiger charge is -2.21. The molecule has 3 nitrogen and oxygen atoms in total. The molecule has 0 aliphatic heterocycles. The summed E-state index contributed by atoms with van der Waals surface area (Å²) in [7, 11) is 1.71. The summed E-state index contributed by atoms with van der Waals surface area (Å²) >= 11 is 0. The maximum Gasteiger partial charge on any atom is 0.124 e. The number of benzene rings is 1. The maximum absolute atomic E-state index is 5.91. The molecule has 1 unspecified atom stereocenters. The van der Waals surface area contributed by atoms with E-state index in [9.17, 15) is 0 Å². The van der Waals surface area contributed by atoms with Gasteiger partial charge in [-0.25, -0.2) is 0 Å². The van der Waals surface area contributed by atoms with Crippen molar-refractivity contribution >= 4 is 0 Å². The first-order valence-corrected chi connectivity index (χ1v) is 7.88. The Morgan fingerprint density at radius 1 is 1.24 bits per heavy atom. The summed E-state index contributed by atoms with van der Waals surface area (Å²) in [4.78, 5) is 0. The van der Waals surface area contributed by atoms with Gasteiger partial charge in [0.2, 0.25) is 0 Å². The minimum Gasteiger partial charge on any atom is -0.496 e. The molecule has 0 aliphatic rings. The van der Waals surface area contributed by atoms with E-state index < -0.39 is 0 Å². The van der Waals surface area contributed by atoms with E-state index in [0.717, 1.165) is 30.7 Å². The summed E-state index contributed by atoms with van der Waals surface area (Å²) in [6, 6.07) is 6.32. The van der Waals surface area contributed by atoms with Gasteiger partial charge in [-0.2, -0.15) is 0 Å². The minimum atomic E-state index is 0.117. The van der Waals surface area contributed by atoms with Crippen LogP contribution in [0.4, 0.5) is 0 Å². The second kappa shape index (κ2) is 8.40. The van der Waals surface area contributed by atoms with Crippen molar-refractivity contribution in [1.82, 2.24) is 5.32 Å². The van der Waals surface area contributed by atoms with Crippen LogP contribution >= 0.6 is 0 Å². The Labute approximate surface area is 130 Å². The Balaban J connectivity index is 2.71. The molecule has 0 saturated carbocycles. The summed E-state index contributed by atoms with van der Waals surface area (Å²) < 4.78 is 11.3. The van der Waals surface area contributed by atoms with E-state index in [1.165, 1.54) is 5.56 Å². The molecule has 1 rings (SSSR count). The molecule has 21 heavy (non-hydrogen) atoms. The van der Waals surface area contributed by atoms with Crippen LogP contribution in [0, 0.1) is 0 Å². The molecule has 1 N–H and O–H groups in total. The lowest BCUT2D eigenvalue weighted by molar-refractivity contribution is 0.0460. The molecule has 3 heteroatoms. The van der Waals surface area contributed by atoms with Crippen molar-refractivity contribution < 1.29 is 9.47 Å². The van der Waals surface area contributed by atoms with Gasteiger partial charge in [0.15, 0.2) is 0 Å². The molecular weight excluding hydrogens is 262 g/mol. The quantitative estimate of drug-likeness (QED) is 0.775. The normalized spacial score (nSPS) is 13.2. The molecule has 0 bridgehead atoms. The zero-order valence-electron chi connectivity index (χ0n) is 14.5. The van der Waals surface area contributed by atoms with Crippen molar-refractivity contribution in [3.63, 3.8) is 0 Å². The van der Waals surface area contributed by atoms with Crippen LogP contribution in [0.25, 0.3) is 0 Å². The SMILES string of the molecule is CCCC(C)OCc1cc(CNC(C)(C)C)ccc1OC. The average molecular weight is 293 g/mol. The molecular formula is C18H31NO2. The topological polar surface area (TPSA) is 30.5 Å². The molecule has 1 aromatic rings. The van der Waals surface area contributed by atoms with E-state index in [1.807, 2.05) is 6.07 Å². The number of hydrogen-bond donors (Lipinski definition) is 1. The summed E-state index contributed by atoms with van der Waals surface area (Å²) in [5.41, 5.74) is 2.49. The summed E-state index contributed by atoms with van der Waals surface area (Å²) in [6.45, 7) is 12.3. The van der Waals surface area contributed by atoms with E-state index in [2.05, 4.69) is 52.1 Å². The highest BCUT2D eigenvalue weighted by Crippen LogP contribution is 2.22. The van der Waals surface area contributed by atoms with E-state index >= 15 is 0 Å². The third kappa shape index (κ3) is 6.96. The Morgan fingerprint density at radius 3 is 2.52 bits per heavy atom. The third-order valence-electron chi connectivity index (χ3n) is 3.39. The molecule has 0 radical (unpaired) electrons. The van der Waals surface area contributed by atoms with Gasteiger partial charge >= 0.3 is 0 Å². The van der Waals surface area contributed by atoms with Gasteiger partial charge in [-0.05, 0) is 51.8 Å². The highest BCUT2D eigenvalue weighted by molar-refractivity contribution is 5.37. The zero-order valence-corrected chi connectivity index (χ0v) is 14.5. The number of hydrogen-bond acceptors (Lipinski definition) is 3. The van der Waals surface area contributed by atoms with E-state index in [0.29, 0.717) is 6.61 Å². The van der Waals surface area contributed by atoms with Crippen molar-refractivity contribution in [2.45, 2.75) is 72.3 Å². The standard InChI is InChI=1S/C18H31NO2/c1-7-8-14(2)21-13-16-11-15(9-10-17(16)20-6)12-19-18(3,4)5/h9-11,14,19H,7-8,12-13H2,1-6H3. The Bertz CT molecular complexity index is 424. The highest BCUT2D eigenvalue weighted by atomic mass is 16.5. The third-order valence-corrected chi connectivity index (χ3v) is 3.39. The molecule has 0 saturated heterocycles. The highest BCUT2D eigenvalue weighted by Gasteiger charge is 2.11. The zero-order chi connectivity index (χ0) is 15.9. The number of methoxy groups -OCH3 is 1. The maximum atomic E-state index is 5.91. The molecule has 1 atom stereocenters. The van der Waals surface area contributed by atoms with Crippen LogP contribution in [0.1, 0.15) is 58.6 Å². The molecule has 120 valence electrons. The van der Waals surface area contributed by atoms with Crippen molar-refractivity contribution in [3.8, 4) is 5.75 Å². The fourth-order valence-corrected chi connectivity index (χ4v) is 2.14. The van der Waals surface area contributed by atoms with Crippen LogP contribution in [0.3, 0.4) is 0 Å². The Kier molecular flexibility index (Phi) is 7.20. The van der Waals surface area contributed by atoms with E-state index in [4.69, 9.17) is 9.47 Å². The van der Waals surface area contributed by atoms with Gasteiger partial charge in [0.25, 0.3) is 0 Å². The molecule has 0 heterocycles. The summed E-state index contributed by atoms with van der Waals surface area (Å²) in [5.74, 6) is 0.901. The second-order valence-electron chi connectivity index (χ2n) is 6.66. The summed E-state index contributed by atoms with van der Waals surface area (Å²) in [5, 5.41) is 3.51. The smallest absolute Gasteiger partial charge is 0.124 e. The van der Waals surface area contributed by atoms with E-state index in [1.54, 1.807) is 7.11 Å². The Hall–Kier alpha value is -1.06. The predicted octanol–water partition coefficient (Wildman–Crippen LogP) is 4.29. The fourth-order valence-electron chi connectivity index (χ4n) is 2.14.